The summed E-state index contributed by atoms with van der Waals surface area (Å²) in [5.74, 6) is 0. The molecule has 1 aliphatic rings. The fourth-order valence-corrected chi connectivity index (χ4v) is 4.04. The molecule has 0 bridgehead atoms. The lowest BCUT2D eigenvalue weighted by atomic mass is 9.89. The van der Waals surface area contributed by atoms with Crippen LogP contribution in [0.25, 0.3) is 0 Å². The molecule has 1 aromatic rings. The molecule has 0 atom stereocenters. The summed E-state index contributed by atoms with van der Waals surface area (Å²) in [6, 6.07) is 0. The summed E-state index contributed by atoms with van der Waals surface area (Å²) in [6.07, 6.45) is 4.49. The Morgan fingerprint density at radius 3 is 2.63 bits per heavy atom. The molecule has 0 spiro atoms. The van der Waals surface area contributed by atoms with E-state index in [0.717, 1.165) is 12.8 Å². The first kappa shape index (κ1) is 14.5. The van der Waals surface area contributed by atoms with E-state index in [1.807, 2.05) is 0 Å². The van der Waals surface area contributed by atoms with Crippen LogP contribution < -0.4 is 10.5 Å². The van der Waals surface area contributed by atoms with Crippen LogP contribution in [0.3, 0.4) is 0 Å². The van der Waals surface area contributed by atoms with Crippen molar-refractivity contribution in [3.63, 3.8) is 0 Å². The second-order valence-corrected chi connectivity index (χ2v) is 7.36. The maximum atomic E-state index is 12.3. The third-order valence-corrected chi connectivity index (χ3v) is 5.37. The molecule has 1 aliphatic carbocycles. The van der Waals surface area contributed by atoms with Crippen LogP contribution in [0, 0.1) is 12.3 Å². The molecule has 108 valence electrons. The summed E-state index contributed by atoms with van der Waals surface area (Å²) >= 11 is 0. The third kappa shape index (κ3) is 2.98. The van der Waals surface area contributed by atoms with Crippen LogP contribution in [0.15, 0.2) is 5.03 Å². The maximum Gasteiger partial charge on any atom is 0.260 e. The van der Waals surface area contributed by atoms with Gasteiger partial charge in [-0.1, -0.05) is 19.8 Å². The minimum Gasteiger partial charge on any atom is -0.326 e. The molecule has 1 aromatic heterocycles. The van der Waals surface area contributed by atoms with Gasteiger partial charge in [0.2, 0.25) is 0 Å². The summed E-state index contributed by atoms with van der Waals surface area (Å²) in [5.41, 5.74) is 6.92. The van der Waals surface area contributed by atoms with E-state index < -0.39 is 10.0 Å². The van der Waals surface area contributed by atoms with E-state index in [1.165, 1.54) is 12.8 Å². The average Bonchev–Trinajstić information content (AvgIpc) is 2.94. The maximum absolute atomic E-state index is 12.3. The molecular weight excluding hydrogens is 264 g/mol. The number of nitrogens with two attached hydrogens (primary N) is 1. The van der Waals surface area contributed by atoms with Gasteiger partial charge in [-0.05, 0) is 25.2 Å². The Balaban J connectivity index is 2.14. The second kappa shape index (κ2) is 5.22. The van der Waals surface area contributed by atoms with Crippen LogP contribution in [-0.2, 0) is 16.6 Å². The average molecular weight is 286 g/mol. The minimum absolute atomic E-state index is 0.0362. The van der Waals surface area contributed by atoms with Crippen LogP contribution in [0.1, 0.15) is 43.9 Å². The van der Waals surface area contributed by atoms with Gasteiger partial charge in [0, 0.05) is 24.3 Å². The van der Waals surface area contributed by atoms with Crippen LogP contribution in [0.5, 0.6) is 0 Å². The molecule has 1 fully saturated rings. The summed E-state index contributed by atoms with van der Waals surface area (Å²) < 4.78 is 27.2. The van der Waals surface area contributed by atoms with Crippen molar-refractivity contribution in [3.05, 3.63) is 11.3 Å². The molecule has 1 heterocycles. The van der Waals surface area contributed by atoms with E-state index in [9.17, 15) is 8.42 Å². The zero-order valence-corrected chi connectivity index (χ0v) is 12.3. The summed E-state index contributed by atoms with van der Waals surface area (Å²) in [4.78, 5) is 0. The first-order valence-corrected chi connectivity index (χ1v) is 8.10. The van der Waals surface area contributed by atoms with E-state index in [-0.39, 0.29) is 17.0 Å². The Labute approximate surface area is 114 Å². The van der Waals surface area contributed by atoms with E-state index in [0.29, 0.717) is 17.8 Å². The van der Waals surface area contributed by atoms with Gasteiger partial charge < -0.3 is 5.73 Å². The van der Waals surface area contributed by atoms with Gasteiger partial charge in [-0.3, -0.25) is 5.10 Å². The predicted octanol–water partition coefficient (Wildman–Crippen LogP) is 1.04. The monoisotopic (exact) mass is 286 g/mol. The fourth-order valence-electron chi connectivity index (χ4n) is 2.64. The van der Waals surface area contributed by atoms with Crippen molar-refractivity contribution in [1.29, 1.82) is 0 Å². The SMILES string of the molecule is Cc1[nH]nc(S(=O)(=O)NCC2(C)CCCC2)c1CN. The lowest BCUT2D eigenvalue weighted by molar-refractivity contribution is 0.336. The molecule has 0 aliphatic heterocycles. The Hall–Kier alpha value is -0.920. The van der Waals surface area contributed by atoms with Gasteiger partial charge in [0.05, 0.1) is 0 Å². The van der Waals surface area contributed by atoms with Gasteiger partial charge in [-0.25, -0.2) is 13.1 Å². The lowest BCUT2D eigenvalue weighted by Gasteiger charge is -2.23. The molecule has 7 heteroatoms. The van der Waals surface area contributed by atoms with E-state index in [2.05, 4.69) is 21.8 Å². The smallest absolute Gasteiger partial charge is 0.260 e. The van der Waals surface area contributed by atoms with Crippen LogP contribution in [0.2, 0.25) is 0 Å². The first-order chi connectivity index (χ1) is 8.88. The number of H-pyrrole nitrogens is 1. The number of hydrogen-bond donors (Lipinski definition) is 3. The summed E-state index contributed by atoms with van der Waals surface area (Å²) in [7, 11) is -3.58. The molecule has 19 heavy (non-hydrogen) atoms. The summed E-state index contributed by atoms with van der Waals surface area (Å²) in [5, 5.41) is 6.59. The van der Waals surface area contributed by atoms with Gasteiger partial charge >= 0.3 is 0 Å². The van der Waals surface area contributed by atoms with Crippen molar-refractivity contribution in [2.75, 3.05) is 6.54 Å². The number of aromatic amines is 1. The molecule has 2 rings (SSSR count). The first-order valence-electron chi connectivity index (χ1n) is 6.61. The molecule has 6 nitrogen and oxygen atoms in total. The van der Waals surface area contributed by atoms with Crippen molar-refractivity contribution in [3.8, 4) is 0 Å². The number of nitrogens with zero attached hydrogens (tertiary/aromatic N) is 1. The largest absolute Gasteiger partial charge is 0.326 e. The molecule has 0 amide bonds. The number of aryl methyl sites for hydroxylation is 1. The van der Waals surface area contributed by atoms with Crippen molar-refractivity contribution < 1.29 is 8.42 Å². The van der Waals surface area contributed by atoms with Gasteiger partial charge in [0.25, 0.3) is 10.0 Å². The van der Waals surface area contributed by atoms with Gasteiger partial charge in [0.1, 0.15) is 0 Å². The molecule has 0 saturated heterocycles. The number of nitrogens with one attached hydrogen (secondary N) is 2. The number of rotatable bonds is 5. The standard InChI is InChI=1S/C12H22N4O2S/c1-9-10(7-13)11(16-15-9)19(17,18)14-8-12(2)5-3-4-6-12/h14H,3-8,13H2,1-2H3,(H,15,16). The number of aromatic nitrogens is 2. The van der Waals surface area contributed by atoms with E-state index in [1.54, 1.807) is 6.92 Å². The van der Waals surface area contributed by atoms with Crippen molar-refractivity contribution >= 4 is 10.0 Å². The van der Waals surface area contributed by atoms with Gasteiger partial charge in [0.15, 0.2) is 5.03 Å². The highest BCUT2D eigenvalue weighted by Crippen LogP contribution is 2.37. The Morgan fingerprint density at radius 1 is 1.42 bits per heavy atom. The topological polar surface area (TPSA) is 101 Å². The molecule has 0 aromatic carbocycles. The number of sulfonamides is 1. The number of hydrogen-bond acceptors (Lipinski definition) is 4. The zero-order valence-electron chi connectivity index (χ0n) is 11.5. The van der Waals surface area contributed by atoms with Gasteiger partial charge in [-0.2, -0.15) is 5.10 Å². The van der Waals surface area contributed by atoms with E-state index >= 15 is 0 Å². The third-order valence-electron chi connectivity index (χ3n) is 3.99. The van der Waals surface area contributed by atoms with Crippen molar-refractivity contribution in [2.45, 2.75) is 51.1 Å². The quantitative estimate of drug-likeness (QED) is 0.752. The fraction of sp³-hybridized carbons (Fsp3) is 0.750. The highest BCUT2D eigenvalue weighted by Gasteiger charge is 2.31. The Kier molecular flexibility index (Phi) is 3.98. The Morgan fingerprint density at radius 2 is 2.05 bits per heavy atom. The minimum atomic E-state index is -3.58. The van der Waals surface area contributed by atoms with Crippen molar-refractivity contribution in [2.24, 2.45) is 11.1 Å². The van der Waals surface area contributed by atoms with Crippen LogP contribution in [-0.4, -0.2) is 25.2 Å². The second-order valence-electron chi connectivity index (χ2n) is 5.68. The van der Waals surface area contributed by atoms with E-state index in [4.69, 9.17) is 5.73 Å². The highest BCUT2D eigenvalue weighted by atomic mass is 32.2. The van der Waals surface area contributed by atoms with Crippen LogP contribution in [0.4, 0.5) is 0 Å². The van der Waals surface area contributed by atoms with Crippen molar-refractivity contribution in [1.82, 2.24) is 14.9 Å². The summed E-state index contributed by atoms with van der Waals surface area (Å²) in [6.45, 7) is 4.52. The molecule has 1 saturated carbocycles. The van der Waals surface area contributed by atoms with Gasteiger partial charge in [-0.15, -0.1) is 0 Å². The molecule has 0 radical (unpaired) electrons. The zero-order chi connectivity index (χ0) is 14.1. The normalized spacial score (nSPS) is 18.9. The Bertz CT molecular complexity index is 544. The highest BCUT2D eigenvalue weighted by molar-refractivity contribution is 7.89. The predicted molar refractivity (Wildman–Crippen MR) is 73.0 cm³/mol. The molecular formula is C12H22N4O2S. The van der Waals surface area contributed by atoms with Crippen LogP contribution >= 0.6 is 0 Å². The molecule has 0 unspecified atom stereocenters. The lowest BCUT2D eigenvalue weighted by Crippen LogP contribution is -2.34. The molecule has 4 N–H and O–H groups in total.